The molecule has 2 rings (SSSR count). The summed E-state index contributed by atoms with van der Waals surface area (Å²) in [5.74, 6) is 1.47. The molecule has 0 amide bonds. The van der Waals surface area contributed by atoms with Crippen LogP contribution in [-0.2, 0) is 4.74 Å². The quantitative estimate of drug-likeness (QED) is 0.816. The van der Waals surface area contributed by atoms with Crippen molar-refractivity contribution in [2.24, 2.45) is 0 Å². The minimum atomic E-state index is -0.489. The Labute approximate surface area is 120 Å². The summed E-state index contributed by atoms with van der Waals surface area (Å²) in [5, 5.41) is 9.22. The Morgan fingerprint density at radius 2 is 2.22 bits per heavy atom. The highest BCUT2D eigenvalue weighted by atomic mass is 127. The molecule has 6 heteroatoms. The van der Waals surface area contributed by atoms with Crippen molar-refractivity contribution in [3.63, 3.8) is 0 Å². The van der Waals surface area contributed by atoms with E-state index in [0.717, 1.165) is 35.7 Å². The Morgan fingerprint density at radius 3 is 2.89 bits per heavy atom. The first-order valence-electron chi connectivity index (χ1n) is 5.96. The molecule has 18 heavy (non-hydrogen) atoms. The number of nitrogens with zero attached hydrogens (tertiary/aromatic N) is 2. The Hall–Kier alpha value is -0.600. The van der Waals surface area contributed by atoms with Crippen LogP contribution in [0.4, 0.5) is 5.82 Å². The van der Waals surface area contributed by atoms with Gasteiger partial charge in [0.05, 0.1) is 19.3 Å². The molecule has 1 saturated heterocycles. The van der Waals surface area contributed by atoms with E-state index >= 15 is 0 Å². The smallest absolute Gasteiger partial charge is 0.216 e. The molecule has 0 saturated carbocycles. The van der Waals surface area contributed by atoms with Gasteiger partial charge in [-0.3, -0.25) is 0 Å². The van der Waals surface area contributed by atoms with Crippen LogP contribution in [-0.4, -0.2) is 49.1 Å². The van der Waals surface area contributed by atoms with Gasteiger partial charge < -0.3 is 19.5 Å². The fourth-order valence-corrected chi connectivity index (χ4v) is 2.24. The molecular formula is C12H17IN2O3. The number of hydrogen-bond acceptors (Lipinski definition) is 5. The molecule has 0 bridgehead atoms. The third-order valence-electron chi connectivity index (χ3n) is 2.56. The van der Waals surface area contributed by atoms with Crippen LogP contribution in [0.2, 0.25) is 0 Å². The van der Waals surface area contributed by atoms with E-state index < -0.39 is 6.10 Å². The van der Waals surface area contributed by atoms with Gasteiger partial charge in [0.25, 0.3) is 0 Å². The minimum Gasteiger partial charge on any atom is -0.475 e. The molecule has 1 atom stereocenters. The zero-order chi connectivity index (χ0) is 13.0. The normalized spacial score (nSPS) is 17.6. The van der Waals surface area contributed by atoms with Gasteiger partial charge in [0.2, 0.25) is 5.88 Å². The van der Waals surface area contributed by atoms with Crippen molar-refractivity contribution >= 4 is 28.4 Å². The van der Waals surface area contributed by atoms with Crippen LogP contribution in [0.3, 0.4) is 0 Å². The average Bonchev–Trinajstić information content (AvgIpc) is 2.37. The third-order valence-corrected chi connectivity index (χ3v) is 3.18. The number of ether oxygens (including phenoxy) is 2. The lowest BCUT2D eigenvalue weighted by atomic mass is 10.3. The predicted octanol–water partition coefficient (Wildman–Crippen LogP) is 1.28. The van der Waals surface area contributed by atoms with Gasteiger partial charge in [-0.05, 0) is 35.6 Å². The molecule has 1 aromatic heterocycles. The van der Waals surface area contributed by atoms with Crippen molar-refractivity contribution in [2.75, 3.05) is 37.8 Å². The number of morpholine rings is 1. The lowest BCUT2D eigenvalue weighted by molar-refractivity contribution is 0.118. The van der Waals surface area contributed by atoms with Gasteiger partial charge >= 0.3 is 0 Å². The third kappa shape index (κ3) is 3.96. The maximum atomic E-state index is 9.22. The molecule has 1 N–H and O–H groups in total. The first kappa shape index (κ1) is 13.8. The molecule has 2 heterocycles. The van der Waals surface area contributed by atoms with Crippen molar-refractivity contribution in [3.8, 4) is 5.88 Å². The van der Waals surface area contributed by atoms with E-state index in [1.807, 2.05) is 12.1 Å². The van der Waals surface area contributed by atoms with E-state index in [9.17, 15) is 5.11 Å². The lowest BCUT2D eigenvalue weighted by Gasteiger charge is -2.28. The van der Waals surface area contributed by atoms with Crippen molar-refractivity contribution < 1.29 is 14.6 Å². The lowest BCUT2D eigenvalue weighted by Crippen LogP contribution is -2.36. The van der Waals surface area contributed by atoms with E-state index in [1.54, 1.807) is 6.92 Å². The minimum absolute atomic E-state index is 0.260. The number of halogens is 1. The van der Waals surface area contributed by atoms with Crippen LogP contribution in [0.1, 0.15) is 6.92 Å². The predicted molar refractivity (Wildman–Crippen MR) is 77.2 cm³/mol. The number of pyridine rings is 1. The van der Waals surface area contributed by atoms with Crippen LogP contribution < -0.4 is 9.64 Å². The number of rotatable bonds is 4. The molecule has 100 valence electrons. The fourth-order valence-electron chi connectivity index (χ4n) is 1.69. The van der Waals surface area contributed by atoms with Crippen LogP contribution >= 0.6 is 22.6 Å². The second kappa shape index (κ2) is 6.53. The van der Waals surface area contributed by atoms with E-state index in [0.29, 0.717) is 5.88 Å². The van der Waals surface area contributed by atoms with Gasteiger partial charge in [0, 0.05) is 22.7 Å². The SMILES string of the molecule is C[C@H](O)COc1cc(I)cc(N2CCOCC2)n1. The summed E-state index contributed by atoms with van der Waals surface area (Å²) >= 11 is 2.24. The summed E-state index contributed by atoms with van der Waals surface area (Å²) in [6.45, 7) is 5.12. The maximum Gasteiger partial charge on any atom is 0.216 e. The van der Waals surface area contributed by atoms with Gasteiger partial charge in [-0.25, -0.2) is 0 Å². The molecule has 0 aromatic carbocycles. The van der Waals surface area contributed by atoms with Gasteiger partial charge in [-0.15, -0.1) is 0 Å². The van der Waals surface area contributed by atoms with E-state index in [2.05, 4.69) is 32.5 Å². The molecule has 0 radical (unpaired) electrons. The summed E-state index contributed by atoms with van der Waals surface area (Å²) in [7, 11) is 0. The zero-order valence-electron chi connectivity index (χ0n) is 10.3. The Kier molecular flexibility index (Phi) is 5.02. The van der Waals surface area contributed by atoms with E-state index in [-0.39, 0.29) is 6.61 Å². The average molecular weight is 364 g/mol. The van der Waals surface area contributed by atoms with Crippen molar-refractivity contribution in [1.29, 1.82) is 0 Å². The summed E-state index contributed by atoms with van der Waals surface area (Å²) in [6.07, 6.45) is -0.489. The van der Waals surface area contributed by atoms with Gasteiger partial charge in [-0.2, -0.15) is 4.98 Å². The molecule has 1 fully saturated rings. The molecule has 0 unspecified atom stereocenters. The van der Waals surface area contributed by atoms with Crippen LogP contribution in [0.5, 0.6) is 5.88 Å². The summed E-state index contributed by atoms with van der Waals surface area (Å²) in [4.78, 5) is 6.64. The van der Waals surface area contributed by atoms with Crippen molar-refractivity contribution in [3.05, 3.63) is 15.7 Å². The topological polar surface area (TPSA) is 54.8 Å². The second-order valence-corrected chi connectivity index (χ2v) is 5.49. The molecule has 5 nitrogen and oxygen atoms in total. The largest absolute Gasteiger partial charge is 0.475 e. The van der Waals surface area contributed by atoms with Gasteiger partial charge in [-0.1, -0.05) is 0 Å². The molecule has 1 aromatic rings. The highest BCUT2D eigenvalue weighted by molar-refractivity contribution is 14.1. The summed E-state index contributed by atoms with van der Waals surface area (Å²) in [5.41, 5.74) is 0. The first-order chi connectivity index (χ1) is 8.65. The number of aromatic nitrogens is 1. The van der Waals surface area contributed by atoms with Crippen LogP contribution in [0, 0.1) is 3.57 Å². The molecule has 1 aliphatic rings. The first-order valence-corrected chi connectivity index (χ1v) is 7.04. The standard InChI is InChI=1S/C12H17IN2O3/c1-9(16)8-18-12-7-10(13)6-11(14-12)15-2-4-17-5-3-15/h6-7,9,16H,2-5,8H2,1H3/t9-/m0/s1. The zero-order valence-corrected chi connectivity index (χ0v) is 12.5. The monoisotopic (exact) mass is 364 g/mol. The Morgan fingerprint density at radius 1 is 1.50 bits per heavy atom. The van der Waals surface area contributed by atoms with Crippen LogP contribution in [0.15, 0.2) is 12.1 Å². The van der Waals surface area contributed by atoms with Gasteiger partial charge in [0.1, 0.15) is 12.4 Å². The number of hydrogen-bond donors (Lipinski definition) is 1. The number of aliphatic hydroxyl groups is 1. The second-order valence-electron chi connectivity index (χ2n) is 4.24. The highest BCUT2D eigenvalue weighted by Gasteiger charge is 2.14. The van der Waals surface area contributed by atoms with Gasteiger partial charge in [0.15, 0.2) is 0 Å². The molecular weight excluding hydrogens is 347 g/mol. The van der Waals surface area contributed by atoms with E-state index in [4.69, 9.17) is 9.47 Å². The Bertz CT molecular complexity index is 395. The molecule has 1 aliphatic heterocycles. The number of anilines is 1. The fraction of sp³-hybridized carbons (Fsp3) is 0.583. The van der Waals surface area contributed by atoms with Crippen LogP contribution in [0.25, 0.3) is 0 Å². The van der Waals surface area contributed by atoms with E-state index in [1.165, 1.54) is 0 Å². The Balaban J connectivity index is 2.09. The highest BCUT2D eigenvalue weighted by Crippen LogP contribution is 2.21. The number of aliphatic hydroxyl groups excluding tert-OH is 1. The summed E-state index contributed by atoms with van der Waals surface area (Å²) < 4.78 is 11.9. The summed E-state index contributed by atoms with van der Waals surface area (Å²) in [6, 6.07) is 3.90. The van der Waals surface area contributed by atoms with Crippen molar-refractivity contribution in [1.82, 2.24) is 4.98 Å². The molecule has 0 aliphatic carbocycles. The maximum absolute atomic E-state index is 9.22. The molecule has 0 spiro atoms. The van der Waals surface area contributed by atoms with Crippen molar-refractivity contribution in [2.45, 2.75) is 13.0 Å².